The van der Waals surface area contributed by atoms with Crippen molar-refractivity contribution in [2.45, 2.75) is 271 Å². The van der Waals surface area contributed by atoms with Crippen LogP contribution in [0.5, 0.6) is 0 Å². The number of ether oxygens (including phenoxy) is 3. The molecule has 0 aliphatic rings. The van der Waals surface area contributed by atoms with Crippen LogP contribution in [0.1, 0.15) is 265 Å². The summed E-state index contributed by atoms with van der Waals surface area (Å²) in [4.78, 5) is 37.7. The second-order valence-corrected chi connectivity index (χ2v) is 16.6. The van der Waals surface area contributed by atoms with Gasteiger partial charge < -0.3 is 14.2 Å². The molecule has 0 aliphatic heterocycles. The molecule has 320 valence electrons. The number of carbonyl (C=O) groups is 3. The van der Waals surface area contributed by atoms with Gasteiger partial charge in [-0.1, -0.05) is 227 Å². The van der Waals surface area contributed by atoms with Crippen molar-refractivity contribution in [1.29, 1.82) is 0 Å². The zero-order valence-electron chi connectivity index (χ0n) is 36.7. The van der Waals surface area contributed by atoms with Crippen molar-refractivity contribution in [2.75, 3.05) is 13.2 Å². The topological polar surface area (TPSA) is 78.9 Å². The highest BCUT2D eigenvalue weighted by molar-refractivity contribution is 5.71. The van der Waals surface area contributed by atoms with E-state index in [0.29, 0.717) is 19.3 Å². The lowest BCUT2D eigenvalue weighted by Gasteiger charge is -2.18. The van der Waals surface area contributed by atoms with Gasteiger partial charge in [-0.25, -0.2) is 0 Å². The maximum Gasteiger partial charge on any atom is 0.306 e. The second-order valence-electron chi connectivity index (χ2n) is 16.6. The van der Waals surface area contributed by atoms with Gasteiger partial charge in [0.25, 0.3) is 0 Å². The van der Waals surface area contributed by atoms with E-state index in [1.165, 1.54) is 161 Å². The molecule has 54 heavy (non-hydrogen) atoms. The lowest BCUT2D eigenvalue weighted by molar-refractivity contribution is -0.167. The summed E-state index contributed by atoms with van der Waals surface area (Å²) in [5.74, 6) is 0.0180. The lowest BCUT2D eigenvalue weighted by atomic mass is 9.99. The van der Waals surface area contributed by atoms with E-state index >= 15 is 0 Å². The van der Waals surface area contributed by atoms with Gasteiger partial charge >= 0.3 is 17.9 Å². The van der Waals surface area contributed by atoms with Gasteiger partial charge in [0, 0.05) is 19.3 Å². The lowest BCUT2D eigenvalue weighted by Crippen LogP contribution is -2.30. The van der Waals surface area contributed by atoms with E-state index < -0.39 is 6.10 Å². The highest BCUT2D eigenvalue weighted by Crippen LogP contribution is 2.17. The molecule has 0 saturated heterocycles. The molecule has 0 rings (SSSR count). The fourth-order valence-corrected chi connectivity index (χ4v) is 7.12. The Balaban J connectivity index is 4.32. The normalized spacial score (nSPS) is 12.4. The summed E-state index contributed by atoms with van der Waals surface area (Å²) in [7, 11) is 0. The Hall–Kier alpha value is -1.59. The van der Waals surface area contributed by atoms with E-state index in [4.69, 9.17) is 14.2 Å². The van der Waals surface area contributed by atoms with E-state index in [0.717, 1.165) is 63.7 Å². The highest BCUT2D eigenvalue weighted by atomic mass is 16.6. The van der Waals surface area contributed by atoms with Crippen LogP contribution in [0.4, 0.5) is 0 Å². The third-order valence-electron chi connectivity index (χ3n) is 11.2. The fraction of sp³-hybridized carbons (Fsp3) is 0.938. The van der Waals surface area contributed by atoms with Crippen LogP contribution in [0.25, 0.3) is 0 Å². The molecule has 1 unspecified atom stereocenters. The average molecular weight is 765 g/mol. The molecule has 6 heteroatoms. The van der Waals surface area contributed by atoms with Crippen LogP contribution in [-0.4, -0.2) is 37.2 Å². The Morgan fingerprint density at radius 1 is 0.370 bits per heavy atom. The molecule has 0 heterocycles. The van der Waals surface area contributed by atoms with Crippen LogP contribution in [0.2, 0.25) is 0 Å². The zero-order valence-corrected chi connectivity index (χ0v) is 36.7. The van der Waals surface area contributed by atoms with Gasteiger partial charge in [-0.2, -0.15) is 0 Å². The second kappa shape index (κ2) is 42.6. The summed E-state index contributed by atoms with van der Waals surface area (Å²) in [6, 6.07) is 0. The number of rotatable bonds is 43. The summed E-state index contributed by atoms with van der Waals surface area (Å²) in [6.45, 7) is 9.02. The molecule has 0 bridgehead atoms. The molecule has 0 spiro atoms. The van der Waals surface area contributed by atoms with E-state index in [1.54, 1.807) is 0 Å². The monoisotopic (exact) mass is 765 g/mol. The van der Waals surface area contributed by atoms with Crippen LogP contribution < -0.4 is 0 Å². The van der Waals surface area contributed by atoms with E-state index in [9.17, 15) is 14.4 Å². The third kappa shape index (κ3) is 40.1. The van der Waals surface area contributed by atoms with Crippen LogP contribution in [-0.2, 0) is 28.6 Å². The number of hydrogen-bond acceptors (Lipinski definition) is 6. The Morgan fingerprint density at radius 3 is 0.963 bits per heavy atom. The largest absolute Gasteiger partial charge is 0.462 e. The minimum atomic E-state index is -0.759. The number of esters is 3. The van der Waals surface area contributed by atoms with Crippen molar-refractivity contribution in [3.05, 3.63) is 0 Å². The van der Waals surface area contributed by atoms with Gasteiger partial charge in [0.2, 0.25) is 0 Å². The molecule has 0 aromatic carbocycles. The summed E-state index contributed by atoms with van der Waals surface area (Å²) in [5, 5.41) is 0. The number of carbonyl (C=O) groups excluding carboxylic acids is 3. The molecule has 0 aliphatic carbocycles. The molecule has 2 atom stereocenters. The SMILES string of the molecule is CCCCCCCCCCCCCC(=O)OC[C@H](COC(=O)CCCCCCCCCCCCC(C)CC)OC(=O)CCCCCCCCCCCCC. The van der Waals surface area contributed by atoms with Crippen LogP contribution in [0, 0.1) is 5.92 Å². The fourth-order valence-electron chi connectivity index (χ4n) is 7.12. The summed E-state index contributed by atoms with van der Waals surface area (Å²) in [5.41, 5.74) is 0. The molecule has 0 aromatic rings. The van der Waals surface area contributed by atoms with Crippen molar-refractivity contribution in [1.82, 2.24) is 0 Å². The van der Waals surface area contributed by atoms with Crippen molar-refractivity contribution in [3.8, 4) is 0 Å². The molecule has 0 radical (unpaired) electrons. The predicted octanol–water partition coefficient (Wildman–Crippen LogP) is 15.1. The maximum atomic E-state index is 12.7. The first-order valence-electron chi connectivity index (χ1n) is 23.9. The van der Waals surface area contributed by atoms with E-state index in [2.05, 4.69) is 27.7 Å². The van der Waals surface area contributed by atoms with Crippen LogP contribution >= 0.6 is 0 Å². The molecule has 0 N–H and O–H groups in total. The Morgan fingerprint density at radius 2 is 0.648 bits per heavy atom. The molecular formula is C48H92O6. The first kappa shape index (κ1) is 52.4. The van der Waals surface area contributed by atoms with E-state index in [1.807, 2.05) is 0 Å². The van der Waals surface area contributed by atoms with Crippen molar-refractivity contribution in [2.24, 2.45) is 5.92 Å². The molecule has 0 aromatic heterocycles. The molecular weight excluding hydrogens is 673 g/mol. The summed E-state index contributed by atoms with van der Waals surface area (Å²) < 4.78 is 16.7. The molecule has 0 saturated carbocycles. The van der Waals surface area contributed by atoms with Crippen molar-refractivity contribution < 1.29 is 28.6 Å². The molecule has 0 fully saturated rings. The van der Waals surface area contributed by atoms with E-state index in [-0.39, 0.29) is 31.1 Å². The van der Waals surface area contributed by atoms with Gasteiger partial charge in [0.1, 0.15) is 13.2 Å². The predicted molar refractivity (Wildman–Crippen MR) is 229 cm³/mol. The van der Waals surface area contributed by atoms with Gasteiger partial charge in [-0.05, 0) is 25.2 Å². The van der Waals surface area contributed by atoms with Crippen LogP contribution in [0.3, 0.4) is 0 Å². The summed E-state index contributed by atoms with van der Waals surface area (Å²) >= 11 is 0. The van der Waals surface area contributed by atoms with Gasteiger partial charge in [-0.15, -0.1) is 0 Å². The third-order valence-corrected chi connectivity index (χ3v) is 11.2. The standard InChI is InChI=1S/C48H92O6/c1-5-8-10-12-14-16-18-23-27-31-35-39-46(49)52-42-45(54-48(51)41-37-33-29-25-19-17-15-13-11-9-6-2)43-53-47(50)40-36-32-28-24-21-20-22-26-30-34-38-44(4)7-3/h44-45H,5-43H2,1-4H3/t44?,45-/m1/s1. The smallest absolute Gasteiger partial charge is 0.306 e. The first-order chi connectivity index (χ1) is 26.4. The quantitative estimate of drug-likeness (QED) is 0.0349. The van der Waals surface area contributed by atoms with Gasteiger partial charge in [0.15, 0.2) is 6.10 Å². The Labute approximate surface area is 336 Å². The van der Waals surface area contributed by atoms with Crippen molar-refractivity contribution >= 4 is 17.9 Å². The first-order valence-corrected chi connectivity index (χ1v) is 23.9. The minimum Gasteiger partial charge on any atom is -0.462 e. The van der Waals surface area contributed by atoms with Crippen LogP contribution in [0.15, 0.2) is 0 Å². The number of unbranched alkanes of at least 4 members (excludes halogenated alkanes) is 29. The average Bonchev–Trinajstić information content (AvgIpc) is 3.17. The van der Waals surface area contributed by atoms with Crippen molar-refractivity contribution in [3.63, 3.8) is 0 Å². The summed E-state index contributed by atoms with van der Waals surface area (Å²) in [6.07, 6.45) is 42.2. The number of hydrogen-bond donors (Lipinski definition) is 0. The zero-order chi connectivity index (χ0) is 39.6. The Kier molecular flexibility index (Phi) is 41.3. The van der Waals surface area contributed by atoms with Gasteiger partial charge in [-0.3, -0.25) is 14.4 Å². The maximum absolute atomic E-state index is 12.7. The Bertz CT molecular complexity index is 813. The minimum absolute atomic E-state index is 0.0635. The van der Waals surface area contributed by atoms with Gasteiger partial charge in [0.05, 0.1) is 0 Å². The highest BCUT2D eigenvalue weighted by Gasteiger charge is 2.19. The molecule has 6 nitrogen and oxygen atoms in total. The molecule has 0 amide bonds.